The Labute approximate surface area is 88.9 Å². The lowest BCUT2D eigenvalue weighted by Crippen LogP contribution is -2.28. The quantitative estimate of drug-likeness (QED) is 0.679. The average Bonchev–Trinajstić information content (AvgIpc) is 2.26. The van der Waals surface area contributed by atoms with Crippen LogP contribution in [0.3, 0.4) is 0 Å². The Bertz CT molecular complexity index is 376. The fourth-order valence-corrected chi connectivity index (χ4v) is 1.83. The summed E-state index contributed by atoms with van der Waals surface area (Å²) in [4.78, 5) is 10.6. The van der Waals surface area contributed by atoms with E-state index in [9.17, 15) is 4.79 Å². The monoisotopic (exact) mass is 205 g/mol. The second kappa shape index (κ2) is 4.21. The summed E-state index contributed by atoms with van der Waals surface area (Å²) < 4.78 is 0. The number of nitrogens with one attached hydrogen (secondary N) is 2. The van der Waals surface area contributed by atoms with Gasteiger partial charge in [0.1, 0.15) is 0 Å². The van der Waals surface area contributed by atoms with E-state index in [0.29, 0.717) is 6.54 Å². The van der Waals surface area contributed by atoms with Crippen LogP contribution in [-0.2, 0) is 13.0 Å². The molecule has 4 heteroatoms. The summed E-state index contributed by atoms with van der Waals surface area (Å²) in [5, 5.41) is 5.93. The van der Waals surface area contributed by atoms with Crippen LogP contribution in [0.2, 0.25) is 0 Å². The predicted molar refractivity (Wildman–Crippen MR) is 59.7 cm³/mol. The molecule has 2 rings (SSSR count). The molecule has 0 saturated heterocycles. The largest absolute Gasteiger partial charge is 0.385 e. The number of benzene rings is 1. The van der Waals surface area contributed by atoms with Crippen molar-refractivity contribution in [1.29, 1.82) is 0 Å². The van der Waals surface area contributed by atoms with Crippen molar-refractivity contribution < 1.29 is 4.79 Å². The third kappa shape index (κ3) is 2.40. The van der Waals surface area contributed by atoms with Crippen LogP contribution in [-0.4, -0.2) is 12.6 Å². The molecule has 1 aromatic carbocycles. The van der Waals surface area contributed by atoms with Gasteiger partial charge in [-0.05, 0) is 30.0 Å². The maximum atomic E-state index is 10.6. The number of urea groups is 1. The highest BCUT2D eigenvalue weighted by Gasteiger charge is 2.08. The molecule has 2 amide bonds. The van der Waals surface area contributed by atoms with E-state index in [-0.39, 0.29) is 0 Å². The molecule has 0 spiro atoms. The van der Waals surface area contributed by atoms with Crippen molar-refractivity contribution in [3.63, 3.8) is 0 Å². The van der Waals surface area contributed by atoms with Crippen molar-refractivity contribution in [3.8, 4) is 0 Å². The average molecular weight is 205 g/mol. The molecule has 4 nitrogen and oxygen atoms in total. The highest BCUT2D eigenvalue weighted by atomic mass is 16.2. The van der Waals surface area contributed by atoms with Gasteiger partial charge in [-0.3, -0.25) is 0 Å². The third-order valence-electron chi connectivity index (χ3n) is 2.57. The highest BCUT2D eigenvalue weighted by molar-refractivity contribution is 5.71. The first-order chi connectivity index (χ1) is 7.25. The maximum absolute atomic E-state index is 10.6. The summed E-state index contributed by atoms with van der Waals surface area (Å²) in [7, 11) is 0. The van der Waals surface area contributed by atoms with Crippen LogP contribution >= 0.6 is 0 Å². The minimum Gasteiger partial charge on any atom is -0.385 e. The van der Waals surface area contributed by atoms with Gasteiger partial charge in [0.15, 0.2) is 0 Å². The van der Waals surface area contributed by atoms with E-state index in [1.165, 1.54) is 17.7 Å². The molecular weight excluding hydrogens is 190 g/mol. The summed E-state index contributed by atoms with van der Waals surface area (Å²) in [5.41, 5.74) is 8.65. The zero-order chi connectivity index (χ0) is 10.7. The molecule has 4 N–H and O–H groups in total. The van der Waals surface area contributed by atoms with E-state index in [4.69, 9.17) is 5.73 Å². The lowest BCUT2D eigenvalue weighted by Gasteiger charge is -2.18. The number of anilines is 1. The molecule has 0 radical (unpaired) electrons. The van der Waals surface area contributed by atoms with Gasteiger partial charge in [0.2, 0.25) is 0 Å². The second-order valence-corrected chi connectivity index (χ2v) is 3.74. The lowest BCUT2D eigenvalue weighted by atomic mass is 10.0. The van der Waals surface area contributed by atoms with Crippen molar-refractivity contribution in [2.75, 3.05) is 11.9 Å². The molecule has 1 aromatic rings. The topological polar surface area (TPSA) is 67.2 Å². The number of amides is 2. The van der Waals surface area contributed by atoms with Gasteiger partial charge in [-0.15, -0.1) is 0 Å². The first-order valence-electron chi connectivity index (χ1n) is 5.15. The van der Waals surface area contributed by atoms with Crippen molar-refractivity contribution in [2.45, 2.75) is 19.4 Å². The Morgan fingerprint density at radius 2 is 2.40 bits per heavy atom. The summed E-state index contributed by atoms with van der Waals surface area (Å²) in [6.45, 7) is 1.55. The van der Waals surface area contributed by atoms with Crippen LogP contribution < -0.4 is 16.4 Å². The molecule has 0 saturated carbocycles. The number of rotatable bonds is 2. The summed E-state index contributed by atoms with van der Waals surface area (Å²) in [6, 6.07) is 5.71. The van der Waals surface area contributed by atoms with Gasteiger partial charge < -0.3 is 16.4 Å². The highest BCUT2D eigenvalue weighted by Crippen LogP contribution is 2.22. The van der Waals surface area contributed by atoms with E-state index in [0.717, 1.165) is 18.5 Å². The number of fused-ring (bicyclic) bond motifs is 1. The Hall–Kier alpha value is -1.71. The third-order valence-corrected chi connectivity index (χ3v) is 2.57. The van der Waals surface area contributed by atoms with E-state index < -0.39 is 6.03 Å². The van der Waals surface area contributed by atoms with Crippen LogP contribution in [0.1, 0.15) is 17.5 Å². The van der Waals surface area contributed by atoms with E-state index in [1.54, 1.807) is 0 Å². The Morgan fingerprint density at radius 1 is 1.53 bits per heavy atom. The minimum absolute atomic E-state index is 0.481. The van der Waals surface area contributed by atoms with Crippen LogP contribution in [0.4, 0.5) is 10.5 Å². The SMILES string of the molecule is NC(=O)NCc1ccc2c(c1)CCCN2. The second-order valence-electron chi connectivity index (χ2n) is 3.74. The first-order valence-corrected chi connectivity index (χ1v) is 5.15. The number of carbonyl (C=O) groups is 1. The Morgan fingerprint density at radius 3 is 3.20 bits per heavy atom. The van der Waals surface area contributed by atoms with Crippen LogP contribution in [0.15, 0.2) is 18.2 Å². The van der Waals surface area contributed by atoms with Gasteiger partial charge in [0, 0.05) is 18.8 Å². The normalized spacial score (nSPS) is 13.9. The standard InChI is InChI=1S/C11H15N3O/c12-11(15)14-7-8-3-4-10-9(6-8)2-1-5-13-10/h3-4,6,13H,1-2,5,7H2,(H3,12,14,15). The molecule has 0 fully saturated rings. The Balaban J connectivity index is 2.10. The van der Waals surface area contributed by atoms with Gasteiger partial charge >= 0.3 is 6.03 Å². The molecule has 0 unspecified atom stereocenters. The number of hydrogen-bond acceptors (Lipinski definition) is 2. The minimum atomic E-state index is -0.481. The van der Waals surface area contributed by atoms with Crippen molar-refractivity contribution in [2.24, 2.45) is 5.73 Å². The molecule has 0 aromatic heterocycles. The maximum Gasteiger partial charge on any atom is 0.312 e. The number of nitrogens with two attached hydrogens (primary N) is 1. The zero-order valence-corrected chi connectivity index (χ0v) is 8.55. The molecule has 0 aliphatic carbocycles. The molecular formula is C11H15N3O. The van der Waals surface area contributed by atoms with Crippen LogP contribution in [0, 0.1) is 0 Å². The van der Waals surface area contributed by atoms with Crippen molar-refractivity contribution >= 4 is 11.7 Å². The molecule has 0 bridgehead atoms. The van der Waals surface area contributed by atoms with Gasteiger partial charge in [0.05, 0.1) is 0 Å². The van der Waals surface area contributed by atoms with Gasteiger partial charge in [-0.25, -0.2) is 4.79 Å². The number of hydrogen-bond donors (Lipinski definition) is 3. The van der Waals surface area contributed by atoms with Crippen LogP contribution in [0.25, 0.3) is 0 Å². The molecule has 80 valence electrons. The van der Waals surface area contributed by atoms with Gasteiger partial charge in [-0.2, -0.15) is 0 Å². The van der Waals surface area contributed by atoms with E-state index >= 15 is 0 Å². The molecule has 15 heavy (non-hydrogen) atoms. The smallest absolute Gasteiger partial charge is 0.312 e. The van der Waals surface area contributed by atoms with E-state index in [1.807, 2.05) is 6.07 Å². The molecule has 1 aliphatic heterocycles. The van der Waals surface area contributed by atoms with Crippen LogP contribution in [0.5, 0.6) is 0 Å². The fraction of sp³-hybridized carbons (Fsp3) is 0.364. The van der Waals surface area contributed by atoms with Gasteiger partial charge in [0.25, 0.3) is 0 Å². The molecule has 1 aliphatic rings. The van der Waals surface area contributed by atoms with Gasteiger partial charge in [-0.1, -0.05) is 12.1 Å². The number of aryl methyl sites for hydroxylation is 1. The predicted octanol–water partition coefficient (Wildman–Crippen LogP) is 1.21. The number of carbonyl (C=O) groups excluding carboxylic acids is 1. The zero-order valence-electron chi connectivity index (χ0n) is 8.55. The van der Waals surface area contributed by atoms with Crippen molar-refractivity contribution in [1.82, 2.24) is 5.32 Å². The van der Waals surface area contributed by atoms with Crippen molar-refractivity contribution in [3.05, 3.63) is 29.3 Å². The van der Waals surface area contributed by atoms with E-state index in [2.05, 4.69) is 22.8 Å². The lowest BCUT2D eigenvalue weighted by molar-refractivity contribution is 0.248. The molecule has 1 heterocycles. The summed E-state index contributed by atoms with van der Waals surface area (Å²) in [6.07, 6.45) is 2.27. The fourth-order valence-electron chi connectivity index (χ4n) is 1.83. The summed E-state index contributed by atoms with van der Waals surface area (Å²) in [5.74, 6) is 0. The molecule has 0 atom stereocenters. The summed E-state index contributed by atoms with van der Waals surface area (Å²) >= 11 is 0. The first kappa shape index (κ1) is 9.83. The Kier molecular flexibility index (Phi) is 2.76. The number of primary amides is 1.